The summed E-state index contributed by atoms with van der Waals surface area (Å²) >= 11 is 0. The molecule has 1 amide bonds. The van der Waals surface area contributed by atoms with Crippen LogP contribution in [0.15, 0.2) is 18.2 Å². The Labute approximate surface area is 111 Å². The molecule has 6 heteroatoms. The summed E-state index contributed by atoms with van der Waals surface area (Å²) < 4.78 is 0. The van der Waals surface area contributed by atoms with Gasteiger partial charge in [-0.05, 0) is 19.9 Å². The minimum absolute atomic E-state index is 0.0674. The highest BCUT2D eigenvalue weighted by atomic mass is 16.6. The van der Waals surface area contributed by atoms with Crippen molar-refractivity contribution < 1.29 is 9.72 Å². The van der Waals surface area contributed by atoms with Crippen molar-refractivity contribution in [3.8, 4) is 6.07 Å². The lowest BCUT2D eigenvalue weighted by atomic mass is 10.1. The number of carbonyl (C=O) groups excluding carboxylic acids is 1. The van der Waals surface area contributed by atoms with E-state index >= 15 is 0 Å². The highest BCUT2D eigenvalue weighted by Gasteiger charge is 2.21. The van der Waals surface area contributed by atoms with E-state index in [2.05, 4.69) is 0 Å². The van der Waals surface area contributed by atoms with Gasteiger partial charge in [0.05, 0.1) is 17.4 Å². The van der Waals surface area contributed by atoms with Gasteiger partial charge in [-0.1, -0.05) is 6.07 Å². The first-order valence-corrected chi connectivity index (χ1v) is 5.93. The number of carbonyl (C=O) groups is 1. The molecule has 0 heterocycles. The molecule has 0 aliphatic rings. The fraction of sp³-hybridized carbons (Fsp3) is 0.385. The van der Waals surface area contributed by atoms with Crippen molar-refractivity contribution in [2.45, 2.75) is 20.3 Å². The average molecular weight is 261 g/mol. The van der Waals surface area contributed by atoms with Crippen molar-refractivity contribution in [2.24, 2.45) is 0 Å². The summed E-state index contributed by atoms with van der Waals surface area (Å²) in [6, 6.07) is 6.42. The lowest BCUT2D eigenvalue weighted by Gasteiger charge is -2.20. The van der Waals surface area contributed by atoms with Crippen molar-refractivity contribution in [3.63, 3.8) is 0 Å². The molecule has 0 N–H and O–H groups in total. The normalized spacial score (nSPS) is 9.74. The van der Waals surface area contributed by atoms with Gasteiger partial charge in [0.15, 0.2) is 0 Å². The maximum atomic E-state index is 12.3. The summed E-state index contributed by atoms with van der Waals surface area (Å²) in [5.41, 5.74) is 0.601. The lowest BCUT2D eigenvalue weighted by Crippen LogP contribution is -2.32. The van der Waals surface area contributed by atoms with Gasteiger partial charge in [-0.3, -0.25) is 14.9 Å². The summed E-state index contributed by atoms with van der Waals surface area (Å²) in [6.45, 7) is 4.15. The van der Waals surface area contributed by atoms with Crippen LogP contribution in [0.2, 0.25) is 0 Å². The predicted octanol–water partition coefficient (Wildman–Crippen LogP) is 2.28. The molecule has 0 aliphatic heterocycles. The molecule has 1 rings (SSSR count). The van der Waals surface area contributed by atoms with Crippen LogP contribution in [-0.4, -0.2) is 28.8 Å². The number of rotatable bonds is 5. The van der Waals surface area contributed by atoms with Crippen LogP contribution in [0.25, 0.3) is 0 Å². The van der Waals surface area contributed by atoms with Gasteiger partial charge in [0.1, 0.15) is 0 Å². The molecule has 0 radical (unpaired) electrons. The summed E-state index contributed by atoms with van der Waals surface area (Å²) in [4.78, 5) is 24.1. The number of hydrogen-bond acceptors (Lipinski definition) is 4. The van der Waals surface area contributed by atoms with Crippen molar-refractivity contribution in [3.05, 3.63) is 39.4 Å². The fourth-order valence-corrected chi connectivity index (χ4v) is 1.81. The first kappa shape index (κ1) is 14.6. The zero-order valence-electron chi connectivity index (χ0n) is 10.9. The highest BCUT2D eigenvalue weighted by molar-refractivity contribution is 5.96. The third-order valence-corrected chi connectivity index (χ3v) is 2.89. The molecule has 0 fully saturated rings. The lowest BCUT2D eigenvalue weighted by molar-refractivity contribution is -0.385. The molecule has 0 aliphatic carbocycles. The summed E-state index contributed by atoms with van der Waals surface area (Å²) in [5, 5.41) is 19.4. The molecule has 1 aromatic carbocycles. The van der Waals surface area contributed by atoms with E-state index in [0.29, 0.717) is 24.2 Å². The monoisotopic (exact) mass is 261 g/mol. The standard InChI is InChI=1S/C13H15N3O3/c1-3-15(9-5-8-14)13(17)11-6-4-7-12(10(11)2)16(18)19/h4,6-7H,3,5,9H2,1-2H3. The number of nitriles is 1. The summed E-state index contributed by atoms with van der Waals surface area (Å²) in [6.07, 6.45) is 0.244. The molecule has 0 spiro atoms. The SMILES string of the molecule is CCN(CCC#N)C(=O)c1cccc([N+](=O)[O-])c1C. The van der Waals surface area contributed by atoms with Crippen molar-refractivity contribution in [1.82, 2.24) is 4.90 Å². The Morgan fingerprint density at radius 1 is 1.53 bits per heavy atom. The van der Waals surface area contributed by atoms with Crippen LogP contribution in [0.5, 0.6) is 0 Å². The van der Waals surface area contributed by atoms with Crippen molar-refractivity contribution in [2.75, 3.05) is 13.1 Å². The molecule has 0 bridgehead atoms. The van der Waals surface area contributed by atoms with E-state index in [1.165, 1.54) is 17.0 Å². The Hall–Kier alpha value is -2.42. The number of hydrogen-bond donors (Lipinski definition) is 0. The Morgan fingerprint density at radius 3 is 2.74 bits per heavy atom. The minimum Gasteiger partial charge on any atom is -0.338 e. The second-order valence-corrected chi connectivity index (χ2v) is 4.00. The van der Waals surface area contributed by atoms with Crippen LogP contribution in [0.1, 0.15) is 29.3 Å². The van der Waals surface area contributed by atoms with Crippen LogP contribution in [0, 0.1) is 28.4 Å². The highest BCUT2D eigenvalue weighted by Crippen LogP contribution is 2.22. The van der Waals surface area contributed by atoms with E-state index in [9.17, 15) is 14.9 Å². The Morgan fingerprint density at radius 2 is 2.21 bits per heavy atom. The van der Waals surface area contributed by atoms with Gasteiger partial charge in [-0.25, -0.2) is 0 Å². The van der Waals surface area contributed by atoms with Crippen LogP contribution < -0.4 is 0 Å². The minimum atomic E-state index is -0.502. The van der Waals surface area contributed by atoms with Crippen molar-refractivity contribution in [1.29, 1.82) is 5.26 Å². The van der Waals surface area contributed by atoms with E-state index in [4.69, 9.17) is 5.26 Å². The molecule has 0 unspecified atom stereocenters. The van der Waals surface area contributed by atoms with Gasteiger partial charge < -0.3 is 4.90 Å². The van der Waals surface area contributed by atoms with Crippen molar-refractivity contribution >= 4 is 11.6 Å². The van der Waals surface area contributed by atoms with Gasteiger partial charge >= 0.3 is 0 Å². The average Bonchev–Trinajstić information content (AvgIpc) is 2.39. The van der Waals surface area contributed by atoms with Crippen LogP contribution >= 0.6 is 0 Å². The Kier molecular flexibility index (Phi) is 5.01. The van der Waals surface area contributed by atoms with E-state index in [-0.39, 0.29) is 18.0 Å². The molecular weight excluding hydrogens is 246 g/mol. The van der Waals surface area contributed by atoms with Crippen LogP contribution in [-0.2, 0) is 0 Å². The molecule has 6 nitrogen and oxygen atoms in total. The molecule has 0 saturated heterocycles. The number of amides is 1. The largest absolute Gasteiger partial charge is 0.338 e. The molecule has 0 atom stereocenters. The van der Waals surface area contributed by atoms with Gasteiger partial charge in [-0.2, -0.15) is 5.26 Å². The zero-order chi connectivity index (χ0) is 14.4. The summed E-state index contributed by atoms with van der Waals surface area (Å²) in [5.74, 6) is -0.279. The molecule has 19 heavy (non-hydrogen) atoms. The first-order chi connectivity index (χ1) is 9.02. The third-order valence-electron chi connectivity index (χ3n) is 2.89. The molecule has 100 valence electrons. The maximum Gasteiger partial charge on any atom is 0.273 e. The van der Waals surface area contributed by atoms with Gasteiger partial charge in [0.2, 0.25) is 0 Å². The van der Waals surface area contributed by atoms with E-state index in [0.717, 1.165) is 0 Å². The second-order valence-electron chi connectivity index (χ2n) is 4.00. The van der Waals surface area contributed by atoms with E-state index in [1.807, 2.05) is 13.0 Å². The number of nitro benzene ring substituents is 1. The second kappa shape index (κ2) is 6.50. The smallest absolute Gasteiger partial charge is 0.273 e. The van der Waals surface area contributed by atoms with E-state index in [1.54, 1.807) is 13.0 Å². The number of nitrogens with zero attached hydrogens (tertiary/aromatic N) is 3. The van der Waals surface area contributed by atoms with Crippen LogP contribution in [0.3, 0.4) is 0 Å². The molecule has 1 aromatic rings. The van der Waals surface area contributed by atoms with Gasteiger partial charge in [0.25, 0.3) is 11.6 Å². The number of nitro groups is 1. The quantitative estimate of drug-likeness (QED) is 0.601. The Balaban J connectivity index is 3.09. The fourth-order valence-electron chi connectivity index (χ4n) is 1.81. The summed E-state index contributed by atoms with van der Waals surface area (Å²) in [7, 11) is 0. The van der Waals surface area contributed by atoms with Crippen LogP contribution in [0.4, 0.5) is 5.69 Å². The van der Waals surface area contributed by atoms with Gasteiger partial charge in [-0.15, -0.1) is 0 Å². The molecule has 0 aromatic heterocycles. The predicted molar refractivity (Wildman–Crippen MR) is 69.6 cm³/mol. The Bertz CT molecular complexity index is 534. The maximum absolute atomic E-state index is 12.3. The molecular formula is C13H15N3O3. The first-order valence-electron chi connectivity index (χ1n) is 5.93. The van der Waals surface area contributed by atoms with E-state index < -0.39 is 4.92 Å². The zero-order valence-corrected chi connectivity index (χ0v) is 10.9. The van der Waals surface area contributed by atoms with Gasteiger partial charge in [0, 0.05) is 30.3 Å². The number of benzene rings is 1. The topological polar surface area (TPSA) is 87.2 Å². The molecule has 0 saturated carbocycles. The third kappa shape index (κ3) is 3.28.